The lowest BCUT2D eigenvalue weighted by Crippen LogP contribution is -2.41. The van der Waals surface area contributed by atoms with Crippen LogP contribution in [0, 0.1) is 0 Å². The van der Waals surface area contributed by atoms with E-state index in [0.717, 1.165) is 23.9 Å². The fourth-order valence-electron chi connectivity index (χ4n) is 2.53. The standard InChI is InChI=1S/C12H13N5O3S2/c13-22(18,19)8-1-2-9-10(7-8)17-11(14-9)12(21-15-17)16-3-5-20-6-4-16/h1-2,7H,3-6H2,(H2,13,18,19). The third kappa shape index (κ3) is 2.20. The van der Waals surface area contributed by atoms with Crippen LogP contribution in [0.5, 0.6) is 0 Å². The number of rotatable bonds is 1. The van der Waals surface area contributed by atoms with E-state index in [9.17, 15) is 8.42 Å². The van der Waals surface area contributed by atoms with Gasteiger partial charge >= 0.3 is 0 Å². The first-order valence-corrected chi connectivity index (χ1v) is 9.00. The molecule has 2 N–H and O–H groups in total. The lowest BCUT2D eigenvalue weighted by atomic mass is 10.3. The highest BCUT2D eigenvalue weighted by atomic mass is 32.2. The normalized spacial score (nSPS) is 19.0. The summed E-state index contributed by atoms with van der Waals surface area (Å²) in [6.07, 6.45) is 0. The second-order valence-corrected chi connectivity index (χ2v) is 7.31. The van der Waals surface area contributed by atoms with Crippen molar-refractivity contribution in [3.63, 3.8) is 0 Å². The molecule has 8 nitrogen and oxygen atoms in total. The average Bonchev–Trinajstić information content (AvgIpc) is 3.05. The molecule has 10 heteroatoms. The van der Waals surface area contributed by atoms with Gasteiger partial charge in [-0.3, -0.25) is 4.90 Å². The minimum absolute atomic E-state index is 0.0581. The van der Waals surface area contributed by atoms with Gasteiger partial charge < -0.3 is 4.74 Å². The van der Waals surface area contributed by atoms with Crippen molar-refractivity contribution in [3.8, 4) is 0 Å². The summed E-state index contributed by atoms with van der Waals surface area (Å²) in [5, 5.41) is 5.19. The number of primary sulfonamides is 1. The summed E-state index contributed by atoms with van der Waals surface area (Å²) < 4.78 is 34.4. The Hall–Kier alpha value is -1.59. The number of morpholine rings is 1. The summed E-state index contributed by atoms with van der Waals surface area (Å²) in [7, 11) is -3.75. The van der Waals surface area contributed by atoms with E-state index >= 15 is 0 Å². The van der Waals surface area contributed by atoms with Crippen molar-refractivity contribution in [2.75, 3.05) is 26.3 Å². The van der Waals surface area contributed by atoms with Crippen molar-refractivity contribution in [1.29, 1.82) is 0 Å². The van der Waals surface area contributed by atoms with E-state index in [2.05, 4.69) is 14.4 Å². The van der Waals surface area contributed by atoms with Gasteiger partial charge in [0.15, 0.2) is 5.82 Å². The van der Waals surface area contributed by atoms with E-state index in [1.165, 1.54) is 23.3 Å². The second kappa shape index (κ2) is 4.96. The molecule has 3 heterocycles. The molecule has 0 unspecified atom stereocenters. The Labute approximate surface area is 130 Å². The van der Waals surface area contributed by atoms with Gasteiger partial charge in [0.1, 0.15) is 4.99 Å². The van der Waals surface area contributed by atoms with E-state index in [-0.39, 0.29) is 4.90 Å². The van der Waals surface area contributed by atoms with Gasteiger partial charge in [0, 0.05) is 24.2 Å². The zero-order valence-electron chi connectivity index (χ0n) is 11.5. The third-order valence-electron chi connectivity index (χ3n) is 3.63. The van der Waals surface area contributed by atoms with E-state index in [1.54, 1.807) is 10.7 Å². The van der Waals surface area contributed by atoms with Crippen LogP contribution in [0.1, 0.15) is 5.82 Å². The quantitative estimate of drug-likeness (QED) is 0.708. The van der Waals surface area contributed by atoms with Crippen molar-refractivity contribution in [3.05, 3.63) is 24.0 Å². The van der Waals surface area contributed by atoms with Crippen LogP contribution in [0.2, 0.25) is 0 Å². The summed E-state index contributed by atoms with van der Waals surface area (Å²) in [4.78, 5) is 7.78. The van der Waals surface area contributed by atoms with Crippen LogP contribution < -0.4 is 5.14 Å². The molecule has 1 fully saturated rings. The molecule has 4 rings (SSSR count). The monoisotopic (exact) mass is 339 g/mol. The molecule has 1 aromatic carbocycles. The average molecular weight is 339 g/mol. The highest BCUT2D eigenvalue weighted by Crippen LogP contribution is 2.23. The molecule has 0 aliphatic carbocycles. The van der Waals surface area contributed by atoms with Crippen molar-refractivity contribution in [1.82, 2.24) is 14.6 Å². The van der Waals surface area contributed by atoms with Gasteiger partial charge in [-0.1, -0.05) is 0 Å². The second-order valence-electron chi connectivity index (χ2n) is 5.02. The molecule has 0 spiro atoms. The molecule has 22 heavy (non-hydrogen) atoms. The number of hydrogen-bond acceptors (Lipinski definition) is 6. The Balaban J connectivity index is 1.81. The van der Waals surface area contributed by atoms with Crippen LogP contribution in [-0.2, 0) is 25.9 Å². The minimum atomic E-state index is -3.75. The molecular weight excluding hydrogens is 326 g/mol. The van der Waals surface area contributed by atoms with Gasteiger partial charge in [-0.2, -0.15) is 4.68 Å². The molecule has 1 aromatic heterocycles. The van der Waals surface area contributed by atoms with Crippen molar-refractivity contribution in [2.24, 2.45) is 9.61 Å². The predicted molar refractivity (Wildman–Crippen MR) is 82.8 cm³/mol. The van der Waals surface area contributed by atoms with Gasteiger partial charge in [0.05, 0.1) is 29.1 Å². The van der Waals surface area contributed by atoms with Crippen LogP contribution in [0.3, 0.4) is 0 Å². The van der Waals surface area contributed by atoms with Crippen LogP contribution >= 0.6 is 0 Å². The molecule has 0 amide bonds. The molecule has 0 saturated carbocycles. The number of ether oxygens (including phenoxy) is 1. The fraction of sp³-hybridized carbons (Fsp3) is 0.333. The van der Waals surface area contributed by atoms with Gasteiger partial charge in [-0.15, -0.1) is 4.47 Å². The number of nitrogens with two attached hydrogens (primary N) is 1. The molecule has 0 bridgehead atoms. The first kappa shape index (κ1) is 14.0. The highest BCUT2D eigenvalue weighted by Gasteiger charge is 2.26. The number of nitrogens with zero attached hydrogens (tertiary/aromatic N) is 4. The van der Waals surface area contributed by atoms with Gasteiger partial charge in [-0.05, 0) is 18.2 Å². The first-order chi connectivity index (χ1) is 10.5. The van der Waals surface area contributed by atoms with E-state index in [4.69, 9.17) is 9.88 Å². The predicted octanol–water partition coefficient (Wildman–Crippen LogP) is -0.463. The maximum absolute atomic E-state index is 11.5. The van der Waals surface area contributed by atoms with E-state index in [0.29, 0.717) is 24.2 Å². The molecule has 2 aliphatic rings. The first-order valence-electron chi connectivity index (χ1n) is 6.68. The Morgan fingerprint density at radius 1 is 1.27 bits per heavy atom. The van der Waals surface area contributed by atoms with Crippen LogP contribution in [0.25, 0.3) is 11.0 Å². The molecule has 116 valence electrons. The summed E-state index contributed by atoms with van der Waals surface area (Å²) in [6.45, 7) is 2.95. The molecule has 1 saturated heterocycles. The Bertz CT molecular complexity index is 937. The topological polar surface area (TPSA) is 103 Å². The highest BCUT2D eigenvalue weighted by molar-refractivity contribution is 7.89. The van der Waals surface area contributed by atoms with Crippen LogP contribution in [-0.4, -0.2) is 54.3 Å². The Morgan fingerprint density at radius 2 is 2.05 bits per heavy atom. The molecule has 2 aromatic rings. The number of fused-ring (bicyclic) bond motifs is 3. The van der Waals surface area contributed by atoms with Crippen molar-refractivity contribution < 1.29 is 13.2 Å². The summed E-state index contributed by atoms with van der Waals surface area (Å²) in [6, 6.07) is 4.62. The lowest BCUT2D eigenvalue weighted by Gasteiger charge is -2.25. The van der Waals surface area contributed by atoms with Crippen molar-refractivity contribution >= 4 is 37.2 Å². The minimum Gasteiger partial charge on any atom is -0.379 e. The number of benzene rings is 1. The number of hydrogen-bond donors (Lipinski definition) is 1. The lowest BCUT2D eigenvalue weighted by molar-refractivity contribution is 0.0691. The molecule has 0 radical (unpaired) electrons. The number of imidazole rings is 1. The Morgan fingerprint density at radius 3 is 2.77 bits per heavy atom. The number of sulfonamides is 1. The fourth-order valence-corrected chi connectivity index (χ4v) is 3.90. The third-order valence-corrected chi connectivity index (χ3v) is 5.40. The summed E-state index contributed by atoms with van der Waals surface area (Å²) >= 11 is 1.34. The molecular formula is C12H13N5O3S2. The summed E-state index contributed by atoms with van der Waals surface area (Å²) in [5.41, 5.74) is 1.33. The maximum Gasteiger partial charge on any atom is 0.238 e. The van der Waals surface area contributed by atoms with Crippen LogP contribution in [0.15, 0.2) is 27.6 Å². The zero-order chi connectivity index (χ0) is 15.3. The zero-order valence-corrected chi connectivity index (χ0v) is 13.1. The smallest absolute Gasteiger partial charge is 0.238 e. The van der Waals surface area contributed by atoms with E-state index in [1.807, 2.05) is 0 Å². The van der Waals surface area contributed by atoms with Gasteiger partial charge in [0.2, 0.25) is 10.0 Å². The Kier molecular flexibility index (Phi) is 3.16. The van der Waals surface area contributed by atoms with Crippen molar-refractivity contribution in [2.45, 2.75) is 4.90 Å². The van der Waals surface area contributed by atoms with Gasteiger partial charge in [-0.25, -0.2) is 18.5 Å². The number of aromatic nitrogens is 2. The largest absolute Gasteiger partial charge is 0.379 e. The molecule has 2 aliphatic heterocycles. The summed E-state index contributed by atoms with van der Waals surface area (Å²) in [5.74, 6) is 0.730. The van der Waals surface area contributed by atoms with Crippen LogP contribution in [0.4, 0.5) is 0 Å². The molecule has 0 atom stereocenters. The maximum atomic E-state index is 11.5. The van der Waals surface area contributed by atoms with Gasteiger partial charge in [0.25, 0.3) is 0 Å². The SMILES string of the molecule is NS(=O)(=O)c1ccc2nc3n(c2c1)N=S=C3N1CCOCC1. The van der Waals surface area contributed by atoms with E-state index < -0.39 is 10.0 Å².